The van der Waals surface area contributed by atoms with Crippen molar-refractivity contribution in [3.05, 3.63) is 77.1 Å². The van der Waals surface area contributed by atoms with Gasteiger partial charge in [-0.15, -0.1) is 0 Å². The molecule has 0 bridgehead atoms. The van der Waals surface area contributed by atoms with E-state index in [1.165, 1.54) is 11.6 Å². The summed E-state index contributed by atoms with van der Waals surface area (Å²) in [5.74, 6) is 0.0249. The fourth-order valence-corrected chi connectivity index (χ4v) is 4.15. The Hall–Kier alpha value is -1.97. The van der Waals surface area contributed by atoms with Gasteiger partial charge in [0.15, 0.2) is 0 Å². The van der Waals surface area contributed by atoms with E-state index < -0.39 is 0 Å². The molecule has 1 aliphatic heterocycles. The van der Waals surface area contributed by atoms with Gasteiger partial charge in [-0.1, -0.05) is 36.9 Å². The smallest absolute Gasteiger partial charge is 0.123 e. The first-order valence-corrected chi connectivity index (χ1v) is 8.43. The molecular formula is C21H22FNO. The largest absolute Gasteiger partial charge is 0.368 e. The molecule has 3 atom stereocenters. The van der Waals surface area contributed by atoms with Gasteiger partial charge in [0.2, 0.25) is 0 Å². The molecule has 1 saturated heterocycles. The number of halogens is 1. The Morgan fingerprint density at radius 1 is 1.12 bits per heavy atom. The monoisotopic (exact) mass is 323 g/mol. The number of ether oxygens (including phenoxy) is 1. The van der Waals surface area contributed by atoms with E-state index in [9.17, 15) is 4.39 Å². The van der Waals surface area contributed by atoms with Crippen molar-refractivity contribution >= 4 is 5.57 Å². The zero-order chi connectivity index (χ0) is 16.8. The van der Waals surface area contributed by atoms with Crippen molar-refractivity contribution in [3.8, 4) is 0 Å². The number of likely N-dealkylation sites (N-methyl/N-ethyl adjacent to an activating group) is 1. The van der Waals surface area contributed by atoms with Crippen LogP contribution in [-0.4, -0.2) is 31.6 Å². The van der Waals surface area contributed by atoms with Gasteiger partial charge in [0.25, 0.3) is 0 Å². The van der Waals surface area contributed by atoms with Gasteiger partial charge >= 0.3 is 0 Å². The summed E-state index contributed by atoms with van der Waals surface area (Å²) in [5, 5.41) is 0. The van der Waals surface area contributed by atoms with Crippen LogP contribution in [0.1, 0.15) is 40.7 Å². The molecule has 24 heavy (non-hydrogen) atoms. The van der Waals surface area contributed by atoms with Crippen LogP contribution in [0.25, 0.3) is 5.57 Å². The Kier molecular flexibility index (Phi) is 3.78. The molecule has 2 aliphatic rings. The molecule has 0 N–H and O–H groups in total. The molecule has 2 aromatic rings. The van der Waals surface area contributed by atoms with E-state index in [0.29, 0.717) is 0 Å². The van der Waals surface area contributed by atoms with Crippen LogP contribution in [0.2, 0.25) is 0 Å². The third-order valence-electron chi connectivity index (χ3n) is 5.12. The quantitative estimate of drug-likeness (QED) is 0.813. The van der Waals surface area contributed by atoms with Crippen molar-refractivity contribution in [2.24, 2.45) is 0 Å². The van der Waals surface area contributed by atoms with Crippen LogP contribution < -0.4 is 0 Å². The van der Waals surface area contributed by atoms with Crippen molar-refractivity contribution in [1.29, 1.82) is 0 Å². The Balaban J connectivity index is 1.87. The summed E-state index contributed by atoms with van der Waals surface area (Å²) < 4.78 is 20.3. The van der Waals surface area contributed by atoms with E-state index in [1.54, 1.807) is 6.07 Å². The Labute approximate surface area is 142 Å². The number of hydrogen-bond acceptors (Lipinski definition) is 2. The molecule has 0 radical (unpaired) electrons. The average Bonchev–Trinajstić information content (AvgIpc) is 2.93. The highest BCUT2D eigenvalue weighted by molar-refractivity contribution is 5.83. The number of nitrogens with zero attached hydrogens (tertiary/aromatic N) is 1. The third kappa shape index (κ3) is 2.48. The zero-order valence-electron chi connectivity index (χ0n) is 14.1. The molecule has 124 valence electrons. The van der Waals surface area contributed by atoms with E-state index in [0.717, 1.165) is 35.2 Å². The van der Waals surface area contributed by atoms with Gasteiger partial charge < -0.3 is 9.64 Å². The first-order chi connectivity index (χ1) is 11.5. The Bertz CT molecular complexity index is 798. The van der Waals surface area contributed by atoms with Crippen LogP contribution in [0.5, 0.6) is 0 Å². The molecule has 1 aliphatic carbocycles. The fraction of sp³-hybridized carbons (Fsp3) is 0.333. The van der Waals surface area contributed by atoms with Gasteiger partial charge in [0.1, 0.15) is 5.82 Å². The molecule has 2 aromatic carbocycles. The molecular weight excluding hydrogens is 301 g/mol. The molecule has 1 fully saturated rings. The fourth-order valence-electron chi connectivity index (χ4n) is 4.15. The maximum absolute atomic E-state index is 14.0. The highest BCUT2D eigenvalue weighted by Gasteiger charge is 2.41. The Morgan fingerprint density at radius 2 is 1.88 bits per heavy atom. The highest BCUT2D eigenvalue weighted by atomic mass is 19.1. The lowest BCUT2D eigenvalue weighted by Crippen LogP contribution is -2.25. The van der Waals surface area contributed by atoms with E-state index in [1.807, 2.05) is 12.1 Å². The lowest BCUT2D eigenvalue weighted by atomic mass is 9.87. The van der Waals surface area contributed by atoms with Crippen LogP contribution in [0.4, 0.5) is 4.39 Å². The standard InChI is InChI=1S/C21H22FNO/c1-13-16-6-4-5-7-18(16)20-11-15(12-23(2)3)24-21(20)19-10-14(22)8-9-17(13)19/h4-10,15,20-21H,1,11-12H2,2-3H3/t15-,20-,21-/m1/s1. The van der Waals surface area contributed by atoms with Gasteiger partial charge in [-0.25, -0.2) is 4.39 Å². The van der Waals surface area contributed by atoms with Crippen LogP contribution in [0.15, 0.2) is 49.0 Å². The van der Waals surface area contributed by atoms with Gasteiger partial charge in [-0.2, -0.15) is 0 Å². The molecule has 4 rings (SSSR count). The molecule has 0 spiro atoms. The van der Waals surface area contributed by atoms with Crippen LogP contribution in [0.3, 0.4) is 0 Å². The summed E-state index contributed by atoms with van der Waals surface area (Å²) in [4.78, 5) is 2.15. The van der Waals surface area contributed by atoms with Gasteiger partial charge in [0.05, 0.1) is 12.2 Å². The van der Waals surface area contributed by atoms with E-state index >= 15 is 0 Å². The highest BCUT2D eigenvalue weighted by Crippen LogP contribution is 2.51. The minimum Gasteiger partial charge on any atom is -0.368 e. The number of fused-ring (bicyclic) bond motifs is 5. The minimum absolute atomic E-state index is 0.110. The van der Waals surface area contributed by atoms with Crippen molar-refractivity contribution in [1.82, 2.24) is 4.90 Å². The topological polar surface area (TPSA) is 12.5 Å². The lowest BCUT2D eigenvalue weighted by Gasteiger charge is -2.20. The van der Waals surface area contributed by atoms with E-state index in [4.69, 9.17) is 4.74 Å². The second-order valence-electron chi connectivity index (χ2n) is 7.08. The molecule has 0 aromatic heterocycles. The minimum atomic E-state index is -0.217. The van der Waals surface area contributed by atoms with Gasteiger partial charge in [0, 0.05) is 12.5 Å². The summed E-state index contributed by atoms with van der Waals surface area (Å²) >= 11 is 0. The molecule has 0 saturated carbocycles. The molecule has 1 heterocycles. The lowest BCUT2D eigenvalue weighted by molar-refractivity contribution is 0.0272. The molecule has 2 nitrogen and oxygen atoms in total. The Morgan fingerprint density at radius 3 is 2.67 bits per heavy atom. The summed E-state index contributed by atoms with van der Waals surface area (Å²) in [7, 11) is 4.11. The first kappa shape index (κ1) is 15.6. The third-order valence-corrected chi connectivity index (χ3v) is 5.12. The van der Waals surface area contributed by atoms with Gasteiger partial charge in [-0.3, -0.25) is 0 Å². The second kappa shape index (κ2) is 5.83. The van der Waals surface area contributed by atoms with Crippen molar-refractivity contribution < 1.29 is 9.13 Å². The van der Waals surface area contributed by atoms with Crippen LogP contribution in [-0.2, 0) is 4.74 Å². The van der Waals surface area contributed by atoms with Crippen molar-refractivity contribution in [3.63, 3.8) is 0 Å². The second-order valence-corrected chi connectivity index (χ2v) is 7.08. The van der Waals surface area contributed by atoms with Crippen molar-refractivity contribution in [2.45, 2.75) is 24.5 Å². The SMILES string of the molecule is C=C1c2ccccc2[C@H]2C[C@H](CN(C)C)O[C@@H]2c2cc(F)ccc21. The van der Waals surface area contributed by atoms with Crippen LogP contribution >= 0.6 is 0 Å². The summed E-state index contributed by atoms with van der Waals surface area (Å²) in [6, 6.07) is 13.4. The van der Waals surface area contributed by atoms with E-state index in [2.05, 4.69) is 43.8 Å². The molecule has 0 unspecified atom stereocenters. The molecule has 3 heteroatoms. The van der Waals surface area contributed by atoms with Gasteiger partial charge in [-0.05, 0) is 60.5 Å². The number of hydrogen-bond donors (Lipinski definition) is 0. The maximum Gasteiger partial charge on any atom is 0.123 e. The number of rotatable bonds is 2. The maximum atomic E-state index is 14.0. The summed E-state index contributed by atoms with van der Waals surface area (Å²) in [5.41, 5.74) is 5.32. The first-order valence-electron chi connectivity index (χ1n) is 8.43. The predicted molar refractivity (Wildman–Crippen MR) is 94.5 cm³/mol. The van der Waals surface area contributed by atoms with E-state index in [-0.39, 0.29) is 23.9 Å². The van der Waals surface area contributed by atoms with Crippen molar-refractivity contribution in [2.75, 3.05) is 20.6 Å². The average molecular weight is 323 g/mol. The predicted octanol–water partition coefficient (Wildman–Crippen LogP) is 4.38. The number of benzene rings is 2. The molecule has 0 amide bonds. The normalized spacial score (nSPS) is 25.2. The zero-order valence-corrected chi connectivity index (χ0v) is 14.1. The summed E-state index contributed by atoms with van der Waals surface area (Å²) in [6.45, 7) is 5.17. The summed E-state index contributed by atoms with van der Waals surface area (Å²) in [6.07, 6.45) is 0.995. The van der Waals surface area contributed by atoms with Crippen LogP contribution in [0, 0.1) is 5.82 Å².